The second-order valence-corrected chi connectivity index (χ2v) is 4.39. The van der Waals surface area contributed by atoms with Gasteiger partial charge in [-0.1, -0.05) is 20.3 Å². The summed E-state index contributed by atoms with van der Waals surface area (Å²) in [6, 6.07) is 0. The first-order valence-corrected chi connectivity index (χ1v) is 5.04. The van der Waals surface area contributed by atoms with Crippen LogP contribution in [0.15, 0.2) is 0 Å². The van der Waals surface area contributed by atoms with E-state index in [0.29, 0.717) is 0 Å². The van der Waals surface area contributed by atoms with Crippen LogP contribution in [0.3, 0.4) is 0 Å². The molecule has 1 saturated carbocycles. The molecule has 0 aromatic carbocycles. The van der Waals surface area contributed by atoms with Gasteiger partial charge in [-0.15, -0.1) is 0 Å². The summed E-state index contributed by atoms with van der Waals surface area (Å²) >= 11 is 0. The predicted octanol–water partition coefficient (Wildman–Crippen LogP) is 0.527. The van der Waals surface area contributed by atoms with Crippen LogP contribution in [0.4, 0.5) is 0 Å². The summed E-state index contributed by atoms with van der Waals surface area (Å²) in [5.74, 6) is 0.0914. The smallest absolute Gasteiger partial charge is 0.0879 e. The van der Waals surface area contributed by atoms with E-state index < -0.39 is 17.6 Å². The van der Waals surface area contributed by atoms with Gasteiger partial charge in [0.1, 0.15) is 0 Å². The third kappa shape index (κ3) is 1.73. The zero-order valence-corrected chi connectivity index (χ0v) is 8.40. The molecule has 0 unspecified atom stereocenters. The van der Waals surface area contributed by atoms with E-state index in [1.807, 2.05) is 13.8 Å². The van der Waals surface area contributed by atoms with Gasteiger partial charge < -0.3 is 15.3 Å². The Hall–Kier alpha value is -0.120. The van der Waals surface area contributed by atoms with E-state index in [4.69, 9.17) is 0 Å². The van der Waals surface area contributed by atoms with E-state index in [9.17, 15) is 15.3 Å². The normalized spacial score (nSPS) is 45.5. The summed E-state index contributed by atoms with van der Waals surface area (Å²) in [5.41, 5.74) is -0.451. The molecule has 0 saturated heterocycles. The van der Waals surface area contributed by atoms with Crippen molar-refractivity contribution in [1.82, 2.24) is 0 Å². The minimum absolute atomic E-state index is 0.0244. The van der Waals surface area contributed by atoms with Crippen molar-refractivity contribution in [2.75, 3.05) is 6.61 Å². The van der Waals surface area contributed by atoms with Crippen LogP contribution < -0.4 is 0 Å². The third-order valence-electron chi connectivity index (χ3n) is 3.33. The zero-order chi connectivity index (χ0) is 10.1. The van der Waals surface area contributed by atoms with E-state index in [1.54, 1.807) is 0 Å². The molecule has 1 fully saturated rings. The lowest BCUT2D eigenvalue weighted by molar-refractivity contribution is -0.0524. The summed E-state index contributed by atoms with van der Waals surface area (Å²) in [6.07, 6.45) is 1.01. The van der Waals surface area contributed by atoms with Crippen LogP contribution in [0.2, 0.25) is 0 Å². The van der Waals surface area contributed by atoms with E-state index >= 15 is 0 Å². The maximum Gasteiger partial charge on any atom is 0.0879 e. The maximum absolute atomic E-state index is 9.80. The van der Waals surface area contributed by atoms with Crippen LogP contribution in [-0.2, 0) is 0 Å². The van der Waals surface area contributed by atoms with Crippen LogP contribution in [0, 0.1) is 11.3 Å². The lowest BCUT2D eigenvalue weighted by atomic mass is 9.80. The van der Waals surface area contributed by atoms with Gasteiger partial charge in [-0.2, -0.15) is 0 Å². The molecule has 0 heterocycles. The third-order valence-corrected chi connectivity index (χ3v) is 3.33. The van der Waals surface area contributed by atoms with Crippen molar-refractivity contribution in [3.63, 3.8) is 0 Å². The molecule has 3 heteroatoms. The highest BCUT2D eigenvalue weighted by molar-refractivity contribution is 4.99. The van der Waals surface area contributed by atoms with Crippen molar-refractivity contribution in [2.45, 2.75) is 45.3 Å². The molecule has 4 atom stereocenters. The maximum atomic E-state index is 9.80. The molecule has 13 heavy (non-hydrogen) atoms. The first kappa shape index (κ1) is 11.0. The molecule has 3 N–H and O–H groups in total. The van der Waals surface area contributed by atoms with Gasteiger partial charge in [0.05, 0.1) is 18.8 Å². The second-order valence-electron chi connectivity index (χ2n) is 4.39. The van der Waals surface area contributed by atoms with Crippen LogP contribution in [0.1, 0.15) is 33.1 Å². The van der Waals surface area contributed by atoms with E-state index in [0.717, 1.165) is 19.3 Å². The van der Waals surface area contributed by atoms with Crippen molar-refractivity contribution < 1.29 is 15.3 Å². The van der Waals surface area contributed by atoms with Crippen molar-refractivity contribution in [2.24, 2.45) is 11.3 Å². The number of hydrogen-bond donors (Lipinski definition) is 3. The van der Waals surface area contributed by atoms with E-state index in [-0.39, 0.29) is 12.5 Å². The van der Waals surface area contributed by atoms with E-state index in [2.05, 4.69) is 0 Å². The molecule has 0 aromatic rings. The van der Waals surface area contributed by atoms with Gasteiger partial charge in [0.25, 0.3) is 0 Å². The van der Waals surface area contributed by atoms with E-state index in [1.165, 1.54) is 0 Å². The fraction of sp³-hybridized carbons (Fsp3) is 1.00. The Balaban J connectivity index is 2.76. The second kappa shape index (κ2) is 3.95. The minimum Gasteiger partial charge on any atom is -0.396 e. The molecule has 78 valence electrons. The summed E-state index contributed by atoms with van der Waals surface area (Å²) in [5, 5.41) is 28.7. The highest BCUT2D eigenvalue weighted by Gasteiger charge is 2.49. The average molecular weight is 188 g/mol. The highest BCUT2D eigenvalue weighted by atomic mass is 16.3. The van der Waals surface area contributed by atoms with Gasteiger partial charge in [0, 0.05) is 5.41 Å². The predicted molar refractivity (Wildman–Crippen MR) is 50.2 cm³/mol. The minimum atomic E-state index is -0.757. The molecule has 3 nitrogen and oxygen atoms in total. The molecule has 0 spiro atoms. The number of rotatable bonds is 3. The first-order valence-electron chi connectivity index (χ1n) is 5.04. The Bertz CT molecular complexity index is 172. The molecule has 0 bridgehead atoms. The molecule has 1 aliphatic rings. The standard InChI is InChI=1S/C10H20O3/c1-3-4-10(6-11)5-7(2)8(12)9(10)13/h7-9,11-13H,3-6H2,1-2H3/t7-,8+,9+,10+/m1/s1. The number of aliphatic hydroxyl groups excluding tert-OH is 3. The average Bonchev–Trinajstić information content (AvgIpc) is 2.32. The summed E-state index contributed by atoms with van der Waals surface area (Å²) in [4.78, 5) is 0. The molecule has 1 aliphatic carbocycles. The van der Waals surface area contributed by atoms with Crippen LogP contribution in [-0.4, -0.2) is 34.1 Å². The lowest BCUT2D eigenvalue weighted by Gasteiger charge is -2.30. The molecule has 0 radical (unpaired) electrons. The Labute approximate surface area is 79.4 Å². The van der Waals surface area contributed by atoms with Crippen LogP contribution >= 0.6 is 0 Å². The first-order chi connectivity index (χ1) is 6.07. The Morgan fingerprint density at radius 3 is 2.31 bits per heavy atom. The van der Waals surface area contributed by atoms with Crippen molar-refractivity contribution in [3.05, 3.63) is 0 Å². The van der Waals surface area contributed by atoms with Gasteiger partial charge in [0.15, 0.2) is 0 Å². The SMILES string of the molecule is CCC[C@@]1(CO)C[C@@H](C)[C@H](O)[C@@H]1O. The fourth-order valence-electron chi connectivity index (χ4n) is 2.54. The quantitative estimate of drug-likeness (QED) is 0.605. The number of hydrogen-bond acceptors (Lipinski definition) is 3. The topological polar surface area (TPSA) is 60.7 Å². The lowest BCUT2D eigenvalue weighted by Crippen LogP contribution is -2.38. The summed E-state index contributed by atoms with van der Waals surface area (Å²) in [7, 11) is 0. The molecule has 0 aliphatic heterocycles. The number of aliphatic hydroxyl groups is 3. The fourth-order valence-corrected chi connectivity index (χ4v) is 2.54. The van der Waals surface area contributed by atoms with Gasteiger partial charge in [-0.3, -0.25) is 0 Å². The van der Waals surface area contributed by atoms with Gasteiger partial charge in [-0.25, -0.2) is 0 Å². The van der Waals surface area contributed by atoms with Gasteiger partial charge in [-0.05, 0) is 18.8 Å². The van der Waals surface area contributed by atoms with Gasteiger partial charge in [0.2, 0.25) is 0 Å². The van der Waals surface area contributed by atoms with Crippen LogP contribution in [0.5, 0.6) is 0 Å². The Kier molecular flexibility index (Phi) is 3.33. The molecular weight excluding hydrogens is 168 g/mol. The molecule has 1 rings (SSSR count). The van der Waals surface area contributed by atoms with Crippen molar-refractivity contribution in [3.8, 4) is 0 Å². The van der Waals surface area contributed by atoms with Crippen molar-refractivity contribution >= 4 is 0 Å². The summed E-state index contributed by atoms with van der Waals surface area (Å²) in [6.45, 7) is 3.92. The molecule has 0 amide bonds. The molecular formula is C10H20O3. The Morgan fingerprint density at radius 2 is 2.00 bits per heavy atom. The highest BCUT2D eigenvalue weighted by Crippen LogP contribution is 2.44. The van der Waals surface area contributed by atoms with Crippen LogP contribution in [0.25, 0.3) is 0 Å². The zero-order valence-electron chi connectivity index (χ0n) is 8.40. The van der Waals surface area contributed by atoms with Gasteiger partial charge >= 0.3 is 0 Å². The summed E-state index contributed by atoms with van der Waals surface area (Å²) < 4.78 is 0. The Morgan fingerprint density at radius 1 is 1.38 bits per heavy atom. The van der Waals surface area contributed by atoms with Crippen molar-refractivity contribution in [1.29, 1.82) is 0 Å². The monoisotopic (exact) mass is 188 g/mol. The largest absolute Gasteiger partial charge is 0.396 e. The molecule has 0 aromatic heterocycles.